The molecule has 1 aliphatic rings. The molecule has 0 aromatic rings. The molecule has 1 heterocycles. The summed E-state index contributed by atoms with van der Waals surface area (Å²) < 4.78 is 0. The highest BCUT2D eigenvalue weighted by Gasteiger charge is 2.37. The van der Waals surface area contributed by atoms with Gasteiger partial charge < -0.3 is 15.5 Å². The average molecular weight is 269 g/mol. The molecule has 5 nitrogen and oxygen atoms in total. The summed E-state index contributed by atoms with van der Waals surface area (Å²) in [6.45, 7) is 7.98. The van der Waals surface area contributed by atoms with Gasteiger partial charge in [-0.15, -0.1) is 0 Å². The first kappa shape index (κ1) is 16.0. The molecule has 0 aliphatic carbocycles. The lowest BCUT2D eigenvalue weighted by Crippen LogP contribution is -2.52. The first-order valence-corrected chi connectivity index (χ1v) is 7.41. The Hall–Kier alpha value is -1.10. The van der Waals surface area contributed by atoms with E-state index >= 15 is 0 Å². The Morgan fingerprint density at radius 1 is 1.32 bits per heavy atom. The van der Waals surface area contributed by atoms with Crippen LogP contribution in [0.25, 0.3) is 0 Å². The number of amides is 2. The Morgan fingerprint density at radius 3 is 2.47 bits per heavy atom. The number of likely N-dealkylation sites (N-methyl/N-ethyl adjacent to an activating group) is 1. The molecule has 2 unspecified atom stereocenters. The second-order valence-corrected chi connectivity index (χ2v) is 5.10. The van der Waals surface area contributed by atoms with Gasteiger partial charge in [0.05, 0.1) is 6.04 Å². The van der Waals surface area contributed by atoms with Gasteiger partial charge >= 0.3 is 0 Å². The highest BCUT2D eigenvalue weighted by Crippen LogP contribution is 2.20. The molecule has 0 spiro atoms. The minimum atomic E-state index is -0.463. The van der Waals surface area contributed by atoms with Crippen LogP contribution in [0.1, 0.15) is 46.5 Å². The first-order valence-electron chi connectivity index (χ1n) is 7.41. The third-order valence-electron chi connectivity index (χ3n) is 3.81. The Balaban J connectivity index is 2.73. The van der Waals surface area contributed by atoms with Crippen molar-refractivity contribution in [3.8, 4) is 0 Å². The molecular formula is C14H27N3O2. The smallest absolute Gasteiger partial charge is 0.245 e. The number of hydrogen-bond acceptors (Lipinski definition) is 3. The normalized spacial score (nSPS) is 20.4. The van der Waals surface area contributed by atoms with Crippen LogP contribution >= 0.6 is 0 Å². The number of nitrogens with two attached hydrogens (primary N) is 1. The van der Waals surface area contributed by atoms with Crippen molar-refractivity contribution in [3.63, 3.8) is 0 Å². The van der Waals surface area contributed by atoms with Gasteiger partial charge in [-0.3, -0.25) is 9.59 Å². The third kappa shape index (κ3) is 3.69. The second-order valence-electron chi connectivity index (χ2n) is 5.10. The fraction of sp³-hybridized carbons (Fsp3) is 0.857. The molecule has 5 heteroatoms. The SMILES string of the molecule is CCCC(N)C(=O)N1CCCC1C(=O)N(CC)CC. The minimum Gasteiger partial charge on any atom is -0.341 e. The summed E-state index contributed by atoms with van der Waals surface area (Å²) in [6, 6.07) is -0.759. The molecule has 2 N–H and O–H groups in total. The number of carbonyl (C=O) groups excluding carboxylic acids is 2. The lowest BCUT2D eigenvalue weighted by molar-refractivity contribution is -0.144. The van der Waals surface area contributed by atoms with Crippen molar-refractivity contribution >= 4 is 11.8 Å². The van der Waals surface area contributed by atoms with E-state index in [9.17, 15) is 9.59 Å². The standard InChI is InChI=1S/C14H27N3O2/c1-4-8-11(15)13(18)17-10-7-9-12(17)14(19)16(5-2)6-3/h11-12H,4-10,15H2,1-3H3. The van der Waals surface area contributed by atoms with Crippen molar-refractivity contribution in [1.82, 2.24) is 9.80 Å². The fourth-order valence-corrected chi connectivity index (χ4v) is 2.68. The van der Waals surface area contributed by atoms with Gasteiger partial charge in [0.15, 0.2) is 0 Å². The maximum absolute atomic E-state index is 12.4. The maximum atomic E-state index is 12.4. The van der Waals surface area contributed by atoms with E-state index in [1.807, 2.05) is 20.8 Å². The molecule has 2 amide bonds. The van der Waals surface area contributed by atoms with Gasteiger partial charge in [-0.25, -0.2) is 0 Å². The van der Waals surface area contributed by atoms with Crippen LogP contribution in [0.4, 0.5) is 0 Å². The highest BCUT2D eigenvalue weighted by atomic mass is 16.2. The van der Waals surface area contributed by atoms with Gasteiger partial charge in [0.25, 0.3) is 0 Å². The van der Waals surface area contributed by atoms with Crippen LogP contribution in [0.2, 0.25) is 0 Å². The van der Waals surface area contributed by atoms with Crippen molar-refractivity contribution < 1.29 is 9.59 Å². The number of likely N-dealkylation sites (tertiary alicyclic amines) is 1. The lowest BCUT2D eigenvalue weighted by atomic mass is 10.1. The monoisotopic (exact) mass is 269 g/mol. The second kappa shape index (κ2) is 7.48. The summed E-state index contributed by atoms with van der Waals surface area (Å²) in [4.78, 5) is 28.2. The molecule has 19 heavy (non-hydrogen) atoms. The van der Waals surface area contributed by atoms with E-state index in [1.54, 1.807) is 9.80 Å². The molecule has 0 radical (unpaired) electrons. The van der Waals surface area contributed by atoms with Gasteiger partial charge in [-0.2, -0.15) is 0 Å². The van der Waals surface area contributed by atoms with Crippen LogP contribution < -0.4 is 5.73 Å². The van der Waals surface area contributed by atoms with Gasteiger partial charge in [0.1, 0.15) is 6.04 Å². The summed E-state index contributed by atoms with van der Waals surface area (Å²) in [5, 5.41) is 0. The zero-order chi connectivity index (χ0) is 14.4. The number of rotatable bonds is 6. The number of nitrogens with zero attached hydrogens (tertiary/aromatic N) is 2. The van der Waals surface area contributed by atoms with E-state index in [0.717, 1.165) is 19.3 Å². The molecule has 0 saturated carbocycles. The molecule has 2 atom stereocenters. The molecule has 1 fully saturated rings. The van der Waals surface area contributed by atoms with Crippen LogP contribution in [0.15, 0.2) is 0 Å². The predicted octanol–water partition coefficient (Wildman–Crippen LogP) is 0.973. The van der Waals surface area contributed by atoms with Crippen molar-refractivity contribution in [1.29, 1.82) is 0 Å². The third-order valence-corrected chi connectivity index (χ3v) is 3.81. The van der Waals surface area contributed by atoms with Crippen molar-refractivity contribution in [2.75, 3.05) is 19.6 Å². The molecule has 110 valence electrons. The molecule has 0 aromatic carbocycles. The Bertz CT molecular complexity index is 316. The predicted molar refractivity (Wildman–Crippen MR) is 75.5 cm³/mol. The van der Waals surface area contributed by atoms with Crippen LogP contribution in [-0.2, 0) is 9.59 Å². The minimum absolute atomic E-state index is 0.0649. The summed E-state index contributed by atoms with van der Waals surface area (Å²) >= 11 is 0. The van der Waals surface area contributed by atoms with Crippen LogP contribution in [0.5, 0.6) is 0 Å². The van der Waals surface area contributed by atoms with E-state index in [0.29, 0.717) is 26.1 Å². The topological polar surface area (TPSA) is 66.6 Å². The molecule has 0 aromatic heterocycles. The zero-order valence-electron chi connectivity index (χ0n) is 12.4. The molecule has 1 rings (SSSR count). The fourth-order valence-electron chi connectivity index (χ4n) is 2.68. The Morgan fingerprint density at radius 2 is 1.95 bits per heavy atom. The lowest BCUT2D eigenvalue weighted by Gasteiger charge is -2.30. The average Bonchev–Trinajstić information content (AvgIpc) is 2.88. The van der Waals surface area contributed by atoms with Crippen LogP contribution in [-0.4, -0.2) is 53.3 Å². The van der Waals surface area contributed by atoms with E-state index in [4.69, 9.17) is 5.73 Å². The number of carbonyl (C=O) groups is 2. The van der Waals surface area contributed by atoms with E-state index in [2.05, 4.69) is 0 Å². The Labute approximate surface area is 116 Å². The quantitative estimate of drug-likeness (QED) is 0.781. The van der Waals surface area contributed by atoms with Crippen molar-refractivity contribution in [2.45, 2.75) is 58.5 Å². The highest BCUT2D eigenvalue weighted by molar-refractivity contribution is 5.90. The molecule has 0 bridgehead atoms. The first-order chi connectivity index (χ1) is 9.06. The molecule has 1 aliphatic heterocycles. The van der Waals surface area contributed by atoms with Crippen LogP contribution in [0.3, 0.4) is 0 Å². The maximum Gasteiger partial charge on any atom is 0.245 e. The van der Waals surface area contributed by atoms with Gasteiger partial charge in [0.2, 0.25) is 11.8 Å². The van der Waals surface area contributed by atoms with Crippen LogP contribution in [0, 0.1) is 0 Å². The van der Waals surface area contributed by atoms with Gasteiger partial charge in [-0.05, 0) is 33.1 Å². The van der Waals surface area contributed by atoms with E-state index < -0.39 is 6.04 Å². The summed E-state index contributed by atoms with van der Waals surface area (Å²) in [7, 11) is 0. The molecular weight excluding hydrogens is 242 g/mol. The number of hydrogen-bond donors (Lipinski definition) is 1. The summed E-state index contributed by atoms with van der Waals surface area (Å²) in [5.41, 5.74) is 5.89. The van der Waals surface area contributed by atoms with E-state index in [-0.39, 0.29) is 17.9 Å². The zero-order valence-corrected chi connectivity index (χ0v) is 12.4. The largest absolute Gasteiger partial charge is 0.341 e. The van der Waals surface area contributed by atoms with Crippen molar-refractivity contribution in [2.24, 2.45) is 5.73 Å². The molecule has 1 saturated heterocycles. The van der Waals surface area contributed by atoms with Gasteiger partial charge in [-0.1, -0.05) is 13.3 Å². The van der Waals surface area contributed by atoms with Gasteiger partial charge in [0, 0.05) is 19.6 Å². The summed E-state index contributed by atoms with van der Waals surface area (Å²) in [6.07, 6.45) is 3.22. The Kier molecular flexibility index (Phi) is 6.28. The summed E-state index contributed by atoms with van der Waals surface area (Å²) in [5.74, 6) is 0.00408. The van der Waals surface area contributed by atoms with Crippen molar-refractivity contribution in [3.05, 3.63) is 0 Å². The van der Waals surface area contributed by atoms with E-state index in [1.165, 1.54) is 0 Å².